The Labute approximate surface area is 195 Å². The van der Waals surface area contributed by atoms with Crippen molar-refractivity contribution in [1.82, 2.24) is 9.55 Å². The molecule has 2 heterocycles. The zero-order chi connectivity index (χ0) is 24.6. The first-order valence-corrected chi connectivity index (χ1v) is 14.1. The van der Waals surface area contributed by atoms with Crippen molar-refractivity contribution in [2.24, 2.45) is 0 Å². The predicted molar refractivity (Wildman–Crippen MR) is 128 cm³/mol. The van der Waals surface area contributed by atoms with Crippen LogP contribution in [0.5, 0.6) is 0 Å². The number of hydrogen-bond donors (Lipinski definition) is 1. The summed E-state index contributed by atoms with van der Waals surface area (Å²) in [6, 6.07) is 7.16. The molecule has 0 unspecified atom stereocenters. The summed E-state index contributed by atoms with van der Waals surface area (Å²) in [5.74, 6) is -0.440. The maximum absolute atomic E-state index is 12.5. The first kappa shape index (κ1) is 25.1. The van der Waals surface area contributed by atoms with E-state index in [0.29, 0.717) is 17.5 Å². The van der Waals surface area contributed by atoms with Gasteiger partial charge in [-0.25, -0.2) is 9.59 Å². The van der Waals surface area contributed by atoms with Gasteiger partial charge in [0.2, 0.25) is 0 Å². The smallest absolute Gasteiger partial charge is 0.338 e. The molecule has 1 N–H and O–H groups in total. The van der Waals surface area contributed by atoms with Crippen molar-refractivity contribution in [1.29, 1.82) is 0 Å². The third-order valence-corrected chi connectivity index (χ3v) is 11.1. The molecule has 1 fully saturated rings. The Hall–Kier alpha value is -2.49. The van der Waals surface area contributed by atoms with E-state index in [0.717, 1.165) is 5.56 Å². The van der Waals surface area contributed by atoms with Gasteiger partial charge in [-0.1, -0.05) is 38.5 Å². The van der Waals surface area contributed by atoms with Gasteiger partial charge in [0.25, 0.3) is 5.56 Å². The van der Waals surface area contributed by atoms with Crippen LogP contribution >= 0.6 is 0 Å². The number of ether oxygens (including phenoxy) is 2. The molecule has 0 saturated carbocycles. The van der Waals surface area contributed by atoms with Crippen LogP contribution in [-0.2, 0) is 13.9 Å². The monoisotopic (exact) mass is 474 g/mol. The molecule has 0 radical (unpaired) electrons. The Morgan fingerprint density at radius 2 is 1.82 bits per heavy atom. The summed E-state index contributed by atoms with van der Waals surface area (Å²) in [5.41, 5.74) is 0.961. The van der Waals surface area contributed by atoms with Crippen LogP contribution in [0.4, 0.5) is 0 Å². The zero-order valence-electron chi connectivity index (χ0n) is 20.4. The highest BCUT2D eigenvalue weighted by molar-refractivity contribution is 6.74. The first-order chi connectivity index (χ1) is 15.3. The van der Waals surface area contributed by atoms with E-state index in [1.54, 1.807) is 19.1 Å². The molecular weight excluding hydrogens is 440 g/mol. The number of nitrogens with zero attached hydrogens (tertiary/aromatic N) is 1. The van der Waals surface area contributed by atoms with Crippen molar-refractivity contribution in [2.75, 3.05) is 6.61 Å². The highest BCUT2D eigenvalue weighted by Crippen LogP contribution is 2.41. The molecule has 1 aromatic heterocycles. The van der Waals surface area contributed by atoms with Crippen LogP contribution in [0.2, 0.25) is 18.1 Å². The van der Waals surface area contributed by atoms with Gasteiger partial charge in [0.1, 0.15) is 18.9 Å². The van der Waals surface area contributed by atoms with Crippen molar-refractivity contribution < 1.29 is 18.7 Å². The Morgan fingerprint density at radius 3 is 2.42 bits per heavy atom. The number of carbonyl (C=O) groups is 1. The number of aromatic nitrogens is 2. The molecule has 1 aliphatic rings. The molecule has 0 bridgehead atoms. The first-order valence-electron chi connectivity index (χ1n) is 11.2. The minimum Gasteiger partial charge on any atom is -0.459 e. The SMILES string of the molecule is Cc1ccc(C(=O)OC[C@H]2O[C@@H](n3cc(C)c(=O)[nH]c3=O)C[C@@H]2O[Si](C)(C)C(C)(C)C)cc1. The summed E-state index contributed by atoms with van der Waals surface area (Å²) in [4.78, 5) is 39.1. The molecule has 9 heteroatoms. The molecular formula is C24H34N2O6Si. The van der Waals surface area contributed by atoms with Crippen molar-refractivity contribution in [3.8, 4) is 0 Å². The molecule has 8 nitrogen and oxygen atoms in total. The molecule has 1 aromatic carbocycles. The van der Waals surface area contributed by atoms with Gasteiger partial charge < -0.3 is 13.9 Å². The molecule has 2 aromatic rings. The molecule has 1 aliphatic heterocycles. The highest BCUT2D eigenvalue weighted by Gasteiger charge is 2.45. The topological polar surface area (TPSA) is 99.6 Å². The highest BCUT2D eigenvalue weighted by atomic mass is 28.4. The van der Waals surface area contributed by atoms with Crippen LogP contribution in [0.1, 0.15) is 54.9 Å². The standard InChI is InChI=1S/C24H34N2O6Si/c1-15-8-10-17(11-9-15)22(28)30-14-19-18(32-33(6,7)24(3,4)5)12-20(31-19)26-13-16(2)21(27)25-23(26)29/h8-11,13,18-20H,12,14H2,1-7H3,(H,25,27,29)/t18-,19+,20+/m0/s1. The number of rotatable bonds is 6. The van der Waals surface area contributed by atoms with Gasteiger partial charge in [-0.05, 0) is 44.1 Å². The maximum Gasteiger partial charge on any atom is 0.338 e. The van der Waals surface area contributed by atoms with Crippen molar-refractivity contribution >= 4 is 14.3 Å². The fraction of sp³-hybridized carbons (Fsp3) is 0.542. The van der Waals surface area contributed by atoms with Crippen LogP contribution in [0.3, 0.4) is 0 Å². The Morgan fingerprint density at radius 1 is 1.18 bits per heavy atom. The molecule has 0 spiro atoms. The van der Waals surface area contributed by atoms with Crippen LogP contribution < -0.4 is 11.2 Å². The minimum absolute atomic E-state index is 0.000411. The summed E-state index contributed by atoms with van der Waals surface area (Å²) in [5, 5.41) is -0.0282. The van der Waals surface area contributed by atoms with E-state index >= 15 is 0 Å². The van der Waals surface area contributed by atoms with Crippen molar-refractivity contribution in [2.45, 2.75) is 77.6 Å². The van der Waals surface area contributed by atoms with E-state index in [-0.39, 0.29) is 17.7 Å². The van der Waals surface area contributed by atoms with Gasteiger partial charge in [0, 0.05) is 18.2 Å². The van der Waals surface area contributed by atoms with Crippen LogP contribution in [-0.4, -0.2) is 42.7 Å². The van der Waals surface area contributed by atoms with Crippen LogP contribution in [0, 0.1) is 13.8 Å². The van der Waals surface area contributed by atoms with Gasteiger partial charge >= 0.3 is 11.7 Å². The second kappa shape index (κ2) is 9.40. The fourth-order valence-electron chi connectivity index (χ4n) is 3.43. The molecule has 1 saturated heterocycles. The number of aryl methyl sites for hydroxylation is 2. The molecule has 3 atom stereocenters. The number of esters is 1. The van der Waals surface area contributed by atoms with E-state index < -0.39 is 37.9 Å². The molecule has 3 rings (SSSR count). The summed E-state index contributed by atoms with van der Waals surface area (Å²) >= 11 is 0. The molecule has 0 amide bonds. The lowest BCUT2D eigenvalue weighted by Gasteiger charge is -2.39. The number of hydrogen-bond acceptors (Lipinski definition) is 6. The average molecular weight is 475 g/mol. The lowest BCUT2D eigenvalue weighted by Crippen LogP contribution is -2.46. The number of nitrogens with one attached hydrogen (secondary N) is 1. The third kappa shape index (κ3) is 5.71. The molecule has 0 aliphatic carbocycles. The summed E-state index contributed by atoms with van der Waals surface area (Å²) in [6.45, 7) is 14.3. The maximum atomic E-state index is 12.5. The van der Waals surface area contributed by atoms with Crippen molar-refractivity contribution in [3.05, 3.63) is 68.0 Å². The van der Waals surface area contributed by atoms with Gasteiger partial charge in [0.15, 0.2) is 8.32 Å². The summed E-state index contributed by atoms with van der Waals surface area (Å²) in [7, 11) is -2.17. The largest absolute Gasteiger partial charge is 0.459 e. The van der Waals surface area contributed by atoms with E-state index in [4.69, 9.17) is 13.9 Å². The Bertz CT molecular complexity index is 1110. The quantitative estimate of drug-likeness (QED) is 0.506. The zero-order valence-corrected chi connectivity index (χ0v) is 21.4. The second-order valence-electron chi connectivity index (χ2n) is 10.2. The van der Waals surface area contributed by atoms with Gasteiger partial charge in [-0.15, -0.1) is 0 Å². The number of benzene rings is 1. The number of aromatic amines is 1. The lowest BCUT2D eigenvalue weighted by molar-refractivity contribution is -0.0513. The number of H-pyrrole nitrogens is 1. The molecule has 180 valence electrons. The Balaban J connectivity index is 1.82. The van der Waals surface area contributed by atoms with Gasteiger partial charge in [-0.2, -0.15) is 0 Å². The van der Waals surface area contributed by atoms with Crippen LogP contribution in [0.25, 0.3) is 0 Å². The van der Waals surface area contributed by atoms with Gasteiger partial charge in [-0.3, -0.25) is 14.3 Å². The van der Waals surface area contributed by atoms with E-state index in [9.17, 15) is 14.4 Å². The predicted octanol–water partition coefficient (Wildman–Crippen LogP) is 3.69. The van der Waals surface area contributed by atoms with E-state index in [1.165, 1.54) is 10.8 Å². The second-order valence-corrected chi connectivity index (χ2v) is 15.0. The normalized spacial score (nSPS) is 21.2. The lowest BCUT2D eigenvalue weighted by atomic mass is 10.1. The van der Waals surface area contributed by atoms with Crippen LogP contribution in [0.15, 0.2) is 40.1 Å². The van der Waals surface area contributed by atoms with Crippen molar-refractivity contribution in [3.63, 3.8) is 0 Å². The van der Waals surface area contributed by atoms with Gasteiger partial charge in [0.05, 0.1) is 11.7 Å². The van der Waals surface area contributed by atoms with E-state index in [2.05, 4.69) is 38.8 Å². The Kier molecular flexibility index (Phi) is 7.16. The third-order valence-electron chi connectivity index (χ3n) is 6.55. The fourth-order valence-corrected chi connectivity index (χ4v) is 4.79. The number of carbonyl (C=O) groups excluding carboxylic acids is 1. The summed E-state index contributed by atoms with van der Waals surface area (Å²) < 4.78 is 19.7. The minimum atomic E-state index is -2.17. The van der Waals surface area contributed by atoms with E-state index in [1.807, 2.05) is 19.1 Å². The average Bonchev–Trinajstić information content (AvgIpc) is 3.10. The molecule has 33 heavy (non-hydrogen) atoms. The summed E-state index contributed by atoms with van der Waals surface area (Å²) in [6.07, 6.45) is 0.366.